The number of halogens is 1. The fourth-order valence-electron chi connectivity index (χ4n) is 1.89. The van der Waals surface area contributed by atoms with Crippen LogP contribution in [-0.2, 0) is 6.42 Å². The van der Waals surface area contributed by atoms with Crippen LogP contribution in [0.2, 0.25) is 5.02 Å². The fourth-order valence-corrected chi connectivity index (χ4v) is 2.02. The molecule has 1 atom stereocenters. The van der Waals surface area contributed by atoms with Crippen molar-refractivity contribution in [3.63, 3.8) is 0 Å². The third kappa shape index (κ3) is 3.35. The van der Waals surface area contributed by atoms with Crippen molar-refractivity contribution in [3.05, 3.63) is 59.0 Å². The molecule has 90 valence electrons. The summed E-state index contributed by atoms with van der Waals surface area (Å²) < 4.78 is 5.10. The van der Waals surface area contributed by atoms with E-state index in [4.69, 9.17) is 16.0 Å². The summed E-state index contributed by atoms with van der Waals surface area (Å²) in [5, 5.41) is 4.24. The first kappa shape index (κ1) is 12.2. The monoisotopic (exact) mass is 249 g/mol. The minimum Gasteiger partial charge on any atom is -0.472 e. The Hall–Kier alpha value is -1.25. The maximum Gasteiger partial charge on any atom is 0.0935 e. The van der Waals surface area contributed by atoms with Crippen LogP contribution in [0.4, 0.5) is 0 Å². The number of furan rings is 1. The van der Waals surface area contributed by atoms with Gasteiger partial charge >= 0.3 is 0 Å². The number of benzene rings is 1. The number of rotatable bonds is 5. The second-order valence-electron chi connectivity index (χ2n) is 4.00. The lowest BCUT2D eigenvalue weighted by Gasteiger charge is -2.17. The standard InChI is InChI=1S/C14H16ClNO/c1-2-16-14(9-11-7-8-17-10-11)12-3-5-13(15)6-4-12/h3-8,10,14,16H,2,9H2,1H3. The van der Waals surface area contributed by atoms with Crippen molar-refractivity contribution in [3.8, 4) is 0 Å². The van der Waals surface area contributed by atoms with E-state index in [1.807, 2.05) is 18.2 Å². The summed E-state index contributed by atoms with van der Waals surface area (Å²) in [5.41, 5.74) is 2.45. The molecule has 2 aromatic rings. The zero-order valence-electron chi connectivity index (χ0n) is 9.82. The molecule has 0 aliphatic heterocycles. The SMILES string of the molecule is CCNC(Cc1ccoc1)c1ccc(Cl)cc1. The van der Waals surface area contributed by atoms with Gasteiger partial charge in [0.1, 0.15) is 0 Å². The van der Waals surface area contributed by atoms with Gasteiger partial charge in [0.2, 0.25) is 0 Å². The first-order valence-corrected chi connectivity index (χ1v) is 6.17. The van der Waals surface area contributed by atoms with Crippen LogP contribution >= 0.6 is 11.6 Å². The largest absolute Gasteiger partial charge is 0.472 e. The van der Waals surface area contributed by atoms with Crippen molar-refractivity contribution >= 4 is 11.6 Å². The van der Waals surface area contributed by atoms with Crippen molar-refractivity contribution in [1.29, 1.82) is 0 Å². The highest BCUT2D eigenvalue weighted by Crippen LogP contribution is 2.20. The van der Waals surface area contributed by atoms with Crippen LogP contribution < -0.4 is 5.32 Å². The molecule has 2 rings (SSSR count). The van der Waals surface area contributed by atoms with E-state index in [-0.39, 0.29) is 0 Å². The van der Waals surface area contributed by atoms with E-state index in [2.05, 4.69) is 24.4 Å². The van der Waals surface area contributed by atoms with E-state index in [1.54, 1.807) is 12.5 Å². The highest BCUT2D eigenvalue weighted by molar-refractivity contribution is 6.30. The van der Waals surface area contributed by atoms with E-state index in [0.717, 1.165) is 18.0 Å². The number of likely N-dealkylation sites (N-methyl/N-ethyl adjacent to an activating group) is 1. The molecule has 1 aromatic heterocycles. The maximum absolute atomic E-state index is 5.90. The third-order valence-corrected chi connectivity index (χ3v) is 2.99. The van der Waals surface area contributed by atoms with Crippen LogP contribution in [0.1, 0.15) is 24.1 Å². The zero-order valence-corrected chi connectivity index (χ0v) is 10.6. The molecule has 0 fully saturated rings. The topological polar surface area (TPSA) is 25.2 Å². The molecule has 0 spiro atoms. The fraction of sp³-hybridized carbons (Fsp3) is 0.286. The average molecular weight is 250 g/mol. The Morgan fingerprint density at radius 1 is 1.24 bits per heavy atom. The summed E-state index contributed by atoms with van der Waals surface area (Å²) in [4.78, 5) is 0. The summed E-state index contributed by atoms with van der Waals surface area (Å²) in [6.07, 6.45) is 4.42. The van der Waals surface area contributed by atoms with E-state index >= 15 is 0 Å². The van der Waals surface area contributed by atoms with Crippen LogP contribution in [0.25, 0.3) is 0 Å². The first-order valence-electron chi connectivity index (χ1n) is 5.79. The minimum absolute atomic E-state index is 0.301. The molecule has 0 bridgehead atoms. The van der Waals surface area contributed by atoms with Gasteiger partial charge in [0, 0.05) is 11.1 Å². The average Bonchev–Trinajstić information content (AvgIpc) is 2.82. The van der Waals surface area contributed by atoms with Crippen LogP contribution in [0.5, 0.6) is 0 Å². The second-order valence-corrected chi connectivity index (χ2v) is 4.43. The lowest BCUT2D eigenvalue weighted by Crippen LogP contribution is -2.22. The molecule has 0 radical (unpaired) electrons. The van der Waals surface area contributed by atoms with Crippen molar-refractivity contribution in [1.82, 2.24) is 5.32 Å². The highest BCUT2D eigenvalue weighted by atomic mass is 35.5. The number of nitrogens with one attached hydrogen (secondary N) is 1. The Morgan fingerprint density at radius 2 is 2.00 bits per heavy atom. The zero-order chi connectivity index (χ0) is 12.1. The predicted octanol–water partition coefficient (Wildman–Crippen LogP) is 3.83. The van der Waals surface area contributed by atoms with E-state index in [1.165, 1.54) is 11.1 Å². The van der Waals surface area contributed by atoms with Crippen molar-refractivity contribution in [2.24, 2.45) is 0 Å². The van der Waals surface area contributed by atoms with E-state index < -0.39 is 0 Å². The minimum atomic E-state index is 0.301. The van der Waals surface area contributed by atoms with Crippen LogP contribution in [0.3, 0.4) is 0 Å². The normalized spacial score (nSPS) is 12.6. The van der Waals surface area contributed by atoms with E-state index in [0.29, 0.717) is 6.04 Å². The van der Waals surface area contributed by atoms with Gasteiger partial charge in [-0.2, -0.15) is 0 Å². The summed E-state index contributed by atoms with van der Waals surface area (Å²) in [5.74, 6) is 0. The summed E-state index contributed by atoms with van der Waals surface area (Å²) in [7, 11) is 0. The lowest BCUT2D eigenvalue weighted by molar-refractivity contribution is 0.535. The Balaban J connectivity index is 2.13. The van der Waals surface area contributed by atoms with Crippen LogP contribution in [-0.4, -0.2) is 6.54 Å². The van der Waals surface area contributed by atoms with Gasteiger partial charge in [-0.25, -0.2) is 0 Å². The quantitative estimate of drug-likeness (QED) is 0.871. The highest BCUT2D eigenvalue weighted by Gasteiger charge is 2.11. The maximum atomic E-state index is 5.90. The van der Waals surface area contributed by atoms with Crippen molar-refractivity contribution in [2.45, 2.75) is 19.4 Å². The first-order chi connectivity index (χ1) is 8.29. The Kier molecular flexibility index (Phi) is 4.24. The van der Waals surface area contributed by atoms with Gasteiger partial charge in [0.15, 0.2) is 0 Å². The molecule has 0 saturated heterocycles. The molecule has 0 aliphatic rings. The molecule has 1 unspecified atom stereocenters. The molecule has 1 aromatic carbocycles. The third-order valence-electron chi connectivity index (χ3n) is 2.74. The number of hydrogen-bond donors (Lipinski definition) is 1. The summed E-state index contributed by atoms with van der Waals surface area (Å²) >= 11 is 5.90. The molecule has 1 N–H and O–H groups in total. The molecule has 0 amide bonds. The van der Waals surface area contributed by atoms with Gasteiger partial charge in [0.25, 0.3) is 0 Å². The Bertz CT molecular complexity index is 436. The Labute approximate surface area is 107 Å². The van der Waals surface area contributed by atoms with Gasteiger partial charge in [0.05, 0.1) is 12.5 Å². The van der Waals surface area contributed by atoms with Crippen LogP contribution in [0, 0.1) is 0 Å². The molecular formula is C14H16ClNO. The summed E-state index contributed by atoms with van der Waals surface area (Å²) in [6, 6.07) is 10.3. The van der Waals surface area contributed by atoms with Crippen molar-refractivity contribution in [2.75, 3.05) is 6.54 Å². The van der Waals surface area contributed by atoms with E-state index in [9.17, 15) is 0 Å². The van der Waals surface area contributed by atoms with Crippen molar-refractivity contribution < 1.29 is 4.42 Å². The van der Waals surface area contributed by atoms with Gasteiger partial charge in [-0.1, -0.05) is 30.7 Å². The molecular weight excluding hydrogens is 234 g/mol. The predicted molar refractivity (Wildman–Crippen MR) is 70.3 cm³/mol. The number of hydrogen-bond acceptors (Lipinski definition) is 2. The lowest BCUT2D eigenvalue weighted by atomic mass is 10.0. The van der Waals surface area contributed by atoms with Gasteiger partial charge in [-0.05, 0) is 42.3 Å². The smallest absolute Gasteiger partial charge is 0.0935 e. The van der Waals surface area contributed by atoms with Crippen LogP contribution in [0.15, 0.2) is 47.3 Å². The van der Waals surface area contributed by atoms with Gasteiger partial charge < -0.3 is 9.73 Å². The second kappa shape index (κ2) is 5.89. The molecule has 17 heavy (non-hydrogen) atoms. The molecule has 3 heteroatoms. The summed E-state index contributed by atoms with van der Waals surface area (Å²) in [6.45, 7) is 3.05. The molecule has 0 saturated carbocycles. The molecule has 1 heterocycles. The molecule has 0 aliphatic carbocycles. The Morgan fingerprint density at radius 3 is 2.59 bits per heavy atom. The van der Waals surface area contributed by atoms with Gasteiger partial charge in [-0.3, -0.25) is 0 Å². The molecule has 2 nitrogen and oxygen atoms in total. The van der Waals surface area contributed by atoms with Gasteiger partial charge in [-0.15, -0.1) is 0 Å².